The summed E-state index contributed by atoms with van der Waals surface area (Å²) in [5.74, 6) is 0.843. The van der Waals surface area contributed by atoms with E-state index in [4.69, 9.17) is 0 Å². The summed E-state index contributed by atoms with van der Waals surface area (Å²) in [6, 6.07) is 9.55. The molecule has 1 heterocycles. The highest BCUT2D eigenvalue weighted by Gasteiger charge is 2.08. The van der Waals surface area contributed by atoms with Gasteiger partial charge in [0.25, 0.3) is 0 Å². The first-order valence-corrected chi connectivity index (χ1v) is 6.25. The molecule has 0 unspecified atom stereocenters. The molecule has 0 bridgehead atoms. The molecule has 0 fully saturated rings. The average molecular weight is 259 g/mol. The molecular formula is C13H17N5O. The second-order valence-corrected chi connectivity index (χ2v) is 4.71. The SMILES string of the molecule is CC(C)CNC(=O)Cn1nnc(-c2ccccc2)n1. The number of tetrazole rings is 1. The maximum atomic E-state index is 11.6. The quantitative estimate of drug-likeness (QED) is 0.873. The highest BCUT2D eigenvalue weighted by molar-refractivity contribution is 5.75. The largest absolute Gasteiger partial charge is 0.354 e. The molecule has 1 aromatic carbocycles. The molecule has 2 rings (SSSR count). The summed E-state index contributed by atoms with van der Waals surface area (Å²) < 4.78 is 0. The van der Waals surface area contributed by atoms with Crippen molar-refractivity contribution in [2.45, 2.75) is 20.4 Å². The smallest absolute Gasteiger partial charge is 0.243 e. The first-order valence-electron chi connectivity index (χ1n) is 6.25. The Hall–Kier alpha value is -2.24. The Morgan fingerprint density at radius 1 is 1.32 bits per heavy atom. The fraction of sp³-hybridized carbons (Fsp3) is 0.385. The Kier molecular flexibility index (Phi) is 4.22. The van der Waals surface area contributed by atoms with Crippen LogP contribution < -0.4 is 5.32 Å². The number of nitrogens with one attached hydrogen (secondary N) is 1. The van der Waals surface area contributed by atoms with Crippen LogP contribution in [0.1, 0.15) is 13.8 Å². The van der Waals surface area contributed by atoms with Gasteiger partial charge in [-0.3, -0.25) is 4.79 Å². The second-order valence-electron chi connectivity index (χ2n) is 4.71. The number of benzene rings is 1. The Labute approximate surface area is 111 Å². The fourth-order valence-corrected chi connectivity index (χ4v) is 1.52. The molecule has 0 aliphatic carbocycles. The predicted molar refractivity (Wildman–Crippen MR) is 71.1 cm³/mol. The third-order valence-corrected chi connectivity index (χ3v) is 2.48. The molecule has 0 aliphatic heterocycles. The van der Waals surface area contributed by atoms with Gasteiger partial charge in [0, 0.05) is 12.1 Å². The molecule has 1 aromatic heterocycles. The third-order valence-electron chi connectivity index (χ3n) is 2.48. The Morgan fingerprint density at radius 3 is 2.74 bits per heavy atom. The number of amides is 1. The number of carbonyl (C=O) groups excluding carboxylic acids is 1. The molecule has 0 radical (unpaired) electrons. The van der Waals surface area contributed by atoms with Crippen LogP contribution in [0.5, 0.6) is 0 Å². The lowest BCUT2D eigenvalue weighted by molar-refractivity contribution is -0.122. The maximum Gasteiger partial charge on any atom is 0.243 e. The van der Waals surface area contributed by atoms with Crippen LogP contribution in [-0.4, -0.2) is 32.7 Å². The molecule has 0 saturated carbocycles. The molecule has 6 heteroatoms. The van der Waals surface area contributed by atoms with Crippen molar-refractivity contribution < 1.29 is 4.79 Å². The van der Waals surface area contributed by atoms with Gasteiger partial charge in [0.1, 0.15) is 6.54 Å². The van der Waals surface area contributed by atoms with Gasteiger partial charge in [-0.2, -0.15) is 4.80 Å². The van der Waals surface area contributed by atoms with Crippen molar-refractivity contribution in [1.82, 2.24) is 25.5 Å². The van der Waals surface area contributed by atoms with Gasteiger partial charge in [-0.15, -0.1) is 10.2 Å². The number of nitrogens with zero attached hydrogens (tertiary/aromatic N) is 4. The van der Waals surface area contributed by atoms with Gasteiger partial charge in [0.05, 0.1) is 0 Å². The van der Waals surface area contributed by atoms with Gasteiger partial charge in [0.2, 0.25) is 11.7 Å². The summed E-state index contributed by atoms with van der Waals surface area (Å²) in [7, 11) is 0. The van der Waals surface area contributed by atoms with Gasteiger partial charge in [0.15, 0.2) is 0 Å². The number of hydrogen-bond acceptors (Lipinski definition) is 4. The normalized spacial score (nSPS) is 10.7. The third kappa shape index (κ3) is 3.87. The summed E-state index contributed by atoms with van der Waals surface area (Å²) in [5, 5.41) is 14.8. The molecule has 0 atom stereocenters. The molecule has 19 heavy (non-hydrogen) atoms. The van der Waals surface area contributed by atoms with E-state index < -0.39 is 0 Å². The van der Waals surface area contributed by atoms with E-state index in [9.17, 15) is 4.79 Å². The van der Waals surface area contributed by atoms with Crippen LogP contribution in [0, 0.1) is 5.92 Å². The Morgan fingerprint density at radius 2 is 2.05 bits per heavy atom. The number of rotatable bonds is 5. The van der Waals surface area contributed by atoms with Crippen LogP contribution in [-0.2, 0) is 11.3 Å². The van der Waals surface area contributed by atoms with Crippen LogP contribution in [0.3, 0.4) is 0 Å². The molecule has 0 saturated heterocycles. The zero-order valence-electron chi connectivity index (χ0n) is 11.1. The number of aromatic nitrogens is 4. The average Bonchev–Trinajstić information content (AvgIpc) is 2.86. The lowest BCUT2D eigenvalue weighted by atomic mass is 10.2. The van der Waals surface area contributed by atoms with Crippen molar-refractivity contribution in [3.63, 3.8) is 0 Å². The second kappa shape index (κ2) is 6.08. The lowest BCUT2D eigenvalue weighted by Crippen LogP contribution is -2.31. The molecule has 0 spiro atoms. The lowest BCUT2D eigenvalue weighted by Gasteiger charge is -2.06. The first-order chi connectivity index (χ1) is 9.15. The van der Waals surface area contributed by atoms with E-state index in [1.54, 1.807) is 0 Å². The van der Waals surface area contributed by atoms with Crippen molar-refractivity contribution in [3.05, 3.63) is 30.3 Å². The Balaban J connectivity index is 1.96. The van der Waals surface area contributed by atoms with Crippen LogP contribution in [0.25, 0.3) is 11.4 Å². The van der Waals surface area contributed by atoms with Crippen molar-refractivity contribution >= 4 is 5.91 Å². The molecule has 1 N–H and O–H groups in total. The number of hydrogen-bond donors (Lipinski definition) is 1. The minimum absolute atomic E-state index is 0.0898. The minimum Gasteiger partial charge on any atom is -0.354 e. The number of carbonyl (C=O) groups is 1. The summed E-state index contributed by atoms with van der Waals surface area (Å²) in [6.07, 6.45) is 0. The van der Waals surface area contributed by atoms with Crippen LogP contribution in [0.4, 0.5) is 0 Å². The van der Waals surface area contributed by atoms with Gasteiger partial charge < -0.3 is 5.32 Å². The van der Waals surface area contributed by atoms with Crippen molar-refractivity contribution in [3.8, 4) is 11.4 Å². The van der Waals surface area contributed by atoms with Crippen molar-refractivity contribution in [1.29, 1.82) is 0 Å². The summed E-state index contributed by atoms with van der Waals surface area (Å²) >= 11 is 0. The van der Waals surface area contributed by atoms with Crippen molar-refractivity contribution in [2.24, 2.45) is 5.92 Å². The van der Waals surface area contributed by atoms with E-state index >= 15 is 0 Å². The monoisotopic (exact) mass is 259 g/mol. The van der Waals surface area contributed by atoms with Crippen LogP contribution in [0.15, 0.2) is 30.3 Å². The highest BCUT2D eigenvalue weighted by atomic mass is 16.2. The highest BCUT2D eigenvalue weighted by Crippen LogP contribution is 2.11. The van der Waals surface area contributed by atoms with Crippen molar-refractivity contribution in [2.75, 3.05) is 6.54 Å². The van der Waals surface area contributed by atoms with E-state index in [0.29, 0.717) is 18.3 Å². The van der Waals surface area contributed by atoms with E-state index in [0.717, 1.165) is 5.56 Å². The van der Waals surface area contributed by atoms with Crippen LogP contribution in [0.2, 0.25) is 0 Å². The molecular weight excluding hydrogens is 242 g/mol. The predicted octanol–water partition coefficient (Wildman–Crippen LogP) is 1.11. The van der Waals surface area contributed by atoms with Crippen LogP contribution >= 0.6 is 0 Å². The fourth-order valence-electron chi connectivity index (χ4n) is 1.52. The van der Waals surface area contributed by atoms with E-state index in [2.05, 4.69) is 20.7 Å². The van der Waals surface area contributed by atoms with Gasteiger partial charge in [-0.05, 0) is 11.1 Å². The van der Waals surface area contributed by atoms with Gasteiger partial charge in [-0.25, -0.2) is 0 Å². The van der Waals surface area contributed by atoms with E-state index in [1.165, 1.54) is 4.80 Å². The van der Waals surface area contributed by atoms with E-state index in [-0.39, 0.29) is 12.5 Å². The Bertz CT molecular complexity index is 535. The zero-order chi connectivity index (χ0) is 13.7. The summed E-state index contributed by atoms with van der Waals surface area (Å²) in [4.78, 5) is 12.9. The van der Waals surface area contributed by atoms with E-state index in [1.807, 2.05) is 44.2 Å². The molecule has 0 aliphatic rings. The summed E-state index contributed by atoms with van der Waals surface area (Å²) in [6.45, 7) is 4.83. The maximum absolute atomic E-state index is 11.6. The summed E-state index contributed by atoms with van der Waals surface area (Å²) in [5.41, 5.74) is 0.885. The minimum atomic E-state index is -0.106. The molecule has 2 aromatic rings. The first kappa shape index (κ1) is 13.2. The standard InChI is InChI=1S/C13H17N5O/c1-10(2)8-14-12(19)9-18-16-13(15-17-18)11-6-4-3-5-7-11/h3-7,10H,8-9H2,1-2H3,(H,14,19). The topological polar surface area (TPSA) is 72.7 Å². The zero-order valence-corrected chi connectivity index (χ0v) is 11.1. The van der Waals surface area contributed by atoms with Gasteiger partial charge in [-0.1, -0.05) is 44.2 Å². The molecule has 6 nitrogen and oxygen atoms in total. The molecule has 100 valence electrons. The van der Waals surface area contributed by atoms with Gasteiger partial charge >= 0.3 is 0 Å². The molecule has 1 amide bonds.